The first-order valence-corrected chi connectivity index (χ1v) is 7.97. The van der Waals surface area contributed by atoms with Crippen molar-refractivity contribution in [1.82, 2.24) is 0 Å². The summed E-state index contributed by atoms with van der Waals surface area (Å²) in [6.45, 7) is 0. The Morgan fingerprint density at radius 2 is 1.86 bits per heavy atom. The maximum atomic E-state index is 6.45. The van der Waals surface area contributed by atoms with Crippen LogP contribution in [-0.2, 0) is 0 Å². The van der Waals surface area contributed by atoms with Crippen LogP contribution in [0.5, 0.6) is 0 Å². The van der Waals surface area contributed by atoms with E-state index in [1.807, 2.05) is 12.1 Å². The van der Waals surface area contributed by atoms with E-state index >= 15 is 0 Å². The fraction of sp³-hybridized carbons (Fsp3) is 0.222. The number of rotatable bonds is 1. The van der Waals surface area contributed by atoms with Gasteiger partial charge in [-0.05, 0) is 30.0 Å². The molecule has 0 bridgehead atoms. The molecule has 1 aliphatic carbocycles. The SMILES string of the molecule is Clc1cc(Cl)c2c(c1)N[C@H](c1ccccc1)[C@@H]1CC=C[C@@H]21. The standard InChI is InChI=1S/C18H15Cl2N/c19-12-9-15(20)17-13-7-4-8-14(13)18(21-16(17)10-12)11-5-2-1-3-6-11/h1-7,9-10,13-14,18,21H,8H2/t13-,14-,18-/m1/s1. The van der Waals surface area contributed by atoms with E-state index in [4.69, 9.17) is 23.2 Å². The minimum absolute atomic E-state index is 0.299. The first kappa shape index (κ1) is 13.2. The summed E-state index contributed by atoms with van der Waals surface area (Å²) in [7, 11) is 0. The molecule has 0 fully saturated rings. The number of halogens is 2. The molecule has 0 saturated heterocycles. The molecule has 2 aromatic rings. The van der Waals surface area contributed by atoms with Crippen LogP contribution in [-0.4, -0.2) is 0 Å². The van der Waals surface area contributed by atoms with Gasteiger partial charge in [0.25, 0.3) is 0 Å². The molecule has 2 aliphatic rings. The van der Waals surface area contributed by atoms with Crippen LogP contribution in [0.25, 0.3) is 0 Å². The van der Waals surface area contributed by atoms with Crippen molar-refractivity contribution in [2.45, 2.75) is 18.4 Å². The van der Waals surface area contributed by atoms with Gasteiger partial charge in [-0.1, -0.05) is 65.7 Å². The molecule has 0 aromatic heterocycles. The van der Waals surface area contributed by atoms with Crippen LogP contribution in [0.3, 0.4) is 0 Å². The van der Waals surface area contributed by atoms with Gasteiger partial charge in [-0.15, -0.1) is 0 Å². The molecule has 106 valence electrons. The molecule has 0 unspecified atom stereocenters. The second-order valence-electron chi connectivity index (χ2n) is 5.74. The van der Waals surface area contributed by atoms with Gasteiger partial charge < -0.3 is 5.32 Å². The second-order valence-corrected chi connectivity index (χ2v) is 6.58. The Hall–Kier alpha value is -1.44. The normalized spacial score (nSPS) is 26.1. The minimum Gasteiger partial charge on any atom is -0.378 e. The molecule has 3 atom stereocenters. The third-order valence-corrected chi connectivity index (χ3v) is 5.07. The van der Waals surface area contributed by atoms with E-state index in [0.29, 0.717) is 22.9 Å². The van der Waals surface area contributed by atoms with Crippen LogP contribution in [0.1, 0.15) is 29.5 Å². The van der Waals surface area contributed by atoms with Crippen molar-refractivity contribution < 1.29 is 0 Å². The van der Waals surface area contributed by atoms with Crippen LogP contribution < -0.4 is 5.32 Å². The van der Waals surface area contributed by atoms with Crippen LogP contribution in [0.4, 0.5) is 5.69 Å². The Labute approximate surface area is 134 Å². The highest BCUT2D eigenvalue weighted by Gasteiger charge is 2.39. The van der Waals surface area contributed by atoms with E-state index in [1.54, 1.807) is 0 Å². The van der Waals surface area contributed by atoms with Crippen molar-refractivity contribution >= 4 is 28.9 Å². The lowest BCUT2D eigenvalue weighted by atomic mass is 9.77. The highest BCUT2D eigenvalue weighted by molar-refractivity contribution is 6.35. The summed E-state index contributed by atoms with van der Waals surface area (Å²) >= 11 is 12.6. The average Bonchev–Trinajstić information content (AvgIpc) is 2.95. The predicted molar refractivity (Wildman–Crippen MR) is 89.3 cm³/mol. The van der Waals surface area contributed by atoms with Crippen LogP contribution in [0.2, 0.25) is 10.0 Å². The van der Waals surface area contributed by atoms with Gasteiger partial charge in [-0.25, -0.2) is 0 Å². The van der Waals surface area contributed by atoms with E-state index in [1.165, 1.54) is 11.1 Å². The number of nitrogens with one attached hydrogen (secondary N) is 1. The zero-order valence-corrected chi connectivity index (χ0v) is 12.9. The third-order valence-electron chi connectivity index (χ3n) is 4.54. The van der Waals surface area contributed by atoms with E-state index < -0.39 is 0 Å². The highest BCUT2D eigenvalue weighted by atomic mass is 35.5. The first-order chi connectivity index (χ1) is 10.2. The van der Waals surface area contributed by atoms with Crippen molar-refractivity contribution in [2.24, 2.45) is 5.92 Å². The lowest BCUT2D eigenvalue weighted by Gasteiger charge is -2.38. The fourth-order valence-electron chi connectivity index (χ4n) is 3.63. The molecular weight excluding hydrogens is 301 g/mol. The first-order valence-electron chi connectivity index (χ1n) is 7.21. The Morgan fingerprint density at radius 3 is 2.67 bits per heavy atom. The van der Waals surface area contributed by atoms with Crippen molar-refractivity contribution in [3.05, 3.63) is 75.8 Å². The number of benzene rings is 2. The van der Waals surface area contributed by atoms with Gasteiger partial charge in [0.05, 0.1) is 6.04 Å². The summed E-state index contributed by atoms with van der Waals surface area (Å²) in [5.74, 6) is 0.884. The topological polar surface area (TPSA) is 12.0 Å². The third kappa shape index (κ3) is 2.16. The van der Waals surface area contributed by atoms with E-state index in [2.05, 4.69) is 47.8 Å². The lowest BCUT2D eigenvalue weighted by molar-refractivity contribution is 0.425. The van der Waals surface area contributed by atoms with Gasteiger partial charge >= 0.3 is 0 Å². The molecule has 3 heteroatoms. The van der Waals surface area contributed by atoms with Crippen molar-refractivity contribution in [3.8, 4) is 0 Å². The van der Waals surface area contributed by atoms with E-state index in [9.17, 15) is 0 Å². The Kier molecular flexibility index (Phi) is 3.20. The Balaban J connectivity index is 1.84. The maximum absolute atomic E-state index is 6.45. The molecule has 4 rings (SSSR count). The monoisotopic (exact) mass is 315 g/mol. The van der Waals surface area contributed by atoms with Crippen LogP contribution in [0, 0.1) is 5.92 Å². The summed E-state index contributed by atoms with van der Waals surface area (Å²) in [5.41, 5.74) is 3.57. The van der Waals surface area contributed by atoms with Gasteiger partial charge in [0, 0.05) is 27.2 Å². The molecule has 0 spiro atoms. The summed E-state index contributed by atoms with van der Waals surface area (Å²) < 4.78 is 0. The highest BCUT2D eigenvalue weighted by Crippen LogP contribution is 2.52. The number of hydrogen-bond acceptors (Lipinski definition) is 1. The second kappa shape index (κ2) is 5.08. The molecule has 21 heavy (non-hydrogen) atoms. The van der Waals surface area contributed by atoms with Crippen molar-refractivity contribution in [3.63, 3.8) is 0 Å². The molecule has 1 N–H and O–H groups in total. The molecule has 0 radical (unpaired) electrons. The minimum atomic E-state index is 0.299. The van der Waals surface area contributed by atoms with Crippen LogP contribution in [0.15, 0.2) is 54.6 Å². The Bertz CT molecular complexity index is 709. The molecule has 0 saturated carbocycles. The summed E-state index contributed by atoms with van der Waals surface area (Å²) in [4.78, 5) is 0. The lowest BCUT2D eigenvalue weighted by Crippen LogP contribution is -2.29. The fourth-order valence-corrected chi connectivity index (χ4v) is 4.25. The Morgan fingerprint density at radius 1 is 1.05 bits per heavy atom. The van der Waals surface area contributed by atoms with Gasteiger partial charge in [-0.2, -0.15) is 0 Å². The molecule has 1 heterocycles. The number of allylic oxidation sites excluding steroid dienone is 2. The zero-order valence-electron chi connectivity index (χ0n) is 11.4. The largest absolute Gasteiger partial charge is 0.378 e. The smallest absolute Gasteiger partial charge is 0.0553 e. The summed E-state index contributed by atoms with van der Waals surface area (Å²) in [6.07, 6.45) is 5.64. The molecule has 0 amide bonds. The number of anilines is 1. The van der Waals surface area contributed by atoms with Crippen LogP contribution >= 0.6 is 23.2 Å². The summed E-state index contributed by atoms with van der Waals surface area (Å²) in [5, 5.41) is 5.10. The quantitative estimate of drug-likeness (QED) is 0.654. The van der Waals surface area contributed by atoms with E-state index in [0.717, 1.165) is 17.1 Å². The van der Waals surface area contributed by atoms with E-state index in [-0.39, 0.29) is 0 Å². The maximum Gasteiger partial charge on any atom is 0.0553 e. The van der Waals surface area contributed by atoms with Crippen molar-refractivity contribution in [1.29, 1.82) is 0 Å². The predicted octanol–water partition coefficient (Wildman–Crippen LogP) is 5.82. The molecule has 1 nitrogen and oxygen atoms in total. The zero-order chi connectivity index (χ0) is 14.4. The average molecular weight is 316 g/mol. The van der Waals surface area contributed by atoms with Gasteiger partial charge in [-0.3, -0.25) is 0 Å². The summed E-state index contributed by atoms with van der Waals surface area (Å²) in [6, 6.07) is 14.7. The number of fused-ring (bicyclic) bond motifs is 3. The molecular formula is C18H15Cl2N. The van der Waals surface area contributed by atoms with Gasteiger partial charge in [0.2, 0.25) is 0 Å². The molecule has 2 aromatic carbocycles. The van der Waals surface area contributed by atoms with Gasteiger partial charge in [0.1, 0.15) is 0 Å². The van der Waals surface area contributed by atoms with Crippen molar-refractivity contribution in [2.75, 3.05) is 5.32 Å². The molecule has 1 aliphatic heterocycles. The number of hydrogen-bond donors (Lipinski definition) is 1. The van der Waals surface area contributed by atoms with Gasteiger partial charge in [0.15, 0.2) is 0 Å².